The van der Waals surface area contributed by atoms with Crippen molar-refractivity contribution < 1.29 is 4.79 Å². The smallest absolute Gasteiger partial charge is 0.253 e. The molecule has 23 heavy (non-hydrogen) atoms. The van der Waals surface area contributed by atoms with Crippen LogP contribution in [0.5, 0.6) is 0 Å². The predicted octanol–water partition coefficient (Wildman–Crippen LogP) is 3.58. The Morgan fingerprint density at radius 1 is 1.43 bits per heavy atom. The number of carbonyl (C=O) groups is 1. The van der Waals surface area contributed by atoms with Crippen LogP contribution in [0.2, 0.25) is 0 Å². The molecule has 1 aromatic carbocycles. The van der Waals surface area contributed by atoms with Gasteiger partial charge in [-0.3, -0.25) is 4.79 Å². The Bertz CT molecular complexity index is 682. The van der Waals surface area contributed by atoms with Crippen LogP contribution in [0.15, 0.2) is 41.8 Å². The zero-order chi connectivity index (χ0) is 16.2. The number of imidazole rings is 1. The molecule has 122 valence electrons. The van der Waals surface area contributed by atoms with Crippen molar-refractivity contribution in [2.45, 2.75) is 30.7 Å². The van der Waals surface area contributed by atoms with Gasteiger partial charge in [-0.05, 0) is 36.5 Å². The minimum absolute atomic E-state index is 0.167. The van der Waals surface area contributed by atoms with E-state index in [0.717, 1.165) is 41.5 Å². The molecule has 3 rings (SSSR count). The van der Waals surface area contributed by atoms with Crippen LogP contribution in [0.25, 0.3) is 0 Å². The van der Waals surface area contributed by atoms with Crippen LogP contribution in [0.1, 0.15) is 35.7 Å². The molecule has 1 atom stereocenters. The maximum atomic E-state index is 12.7. The SMILES string of the molecule is CC1CCCN(C(=O)c2cccc(CSc3nccn3C)c2)C1. The third-order valence-electron chi connectivity index (χ3n) is 4.26. The quantitative estimate of drug-likeness (QED) is 0.805. The highest BCUT2D eigenvalue weighted by molar-refractivity contribution is 7.98. The van der Waals surface area contributed by atoms with Crippen molar-refractivity contribution in [2.75, 3.05) is 13.1 Å². The topological polar surface area (TPSA) is 38.1 Å². The largest absolute Gasteiger partial charge is 0.338 e. The van der Waals surface area contributed by atoms with Crippen molar-refractivity contribution in [1.82, 2.24) is 14.5 Å². The van der Waals surface area contributed by atoms with E-state index in [0.29, 0.717) is 5.92 Å². The minimum Gasteiger partial charge on any atom is -0.338 e. The summed E-state index contributed by atoms with van der Waals surface area (Å²) in [6.45, 7) is 3.99. The molecule has 1 aliphatic rings. The van der Waals surface area contributed by atoms with E-state index < -0.39 is 0 Å². The van der Waals surface area contributed by atoms with Crippen molar-refractivity contribution in [3.63, 3.8) is 0 Å². The monoisotopic (exact) mass is 329 g/mol. The summed E-state index contributed by atoms with van der Waals surface area (Å²) in [5.41, 5.74) is 1.96. The molecule has 1 saturated heterocycles. The summed E-state index contributed by atoms with van der Waals surface area (Å²) in [5, 5.41) is 0.992. The van der Waals surface area contributed by atoms with Gasteiger partial charge in [0.25, 0.3) is 5.91 Å². The average molecular weight is 329 g/mol. The fraction of sp³-hybridized carbons (Fsp3) is 0.444. The summed E-state index contributed by atoms with van der Waals surface area (Å²) in [6, 6.07) is 8.01. The molecule has 2 heterocycles. The molecule has 1 aromatic heterocycles. The number of piperidine rings is 1. The van der Waals surface area contributed by atoms with Crippen LogP contribution < -0.4 is 0 Å². The second kappa shape index (κ2) is 7.21. The summed E-state index contributed by atoms with van der Waals surface area (Å²) in [4.78, 5) is 19.0. The molecule has 0 N–H and O–H groups in total. The number of nitrogens with zero attached hydrogens (tertiary/aromatic N) is 3. The van der Waals surface area contributed by atoms with Crippen molar-refractivity contribution in [3.05, 3.63) is 47.8 Å². The summed E-state index contributed by atoms with van der Waals surface area (Å²) in [7, 11) is 1.99. The van der Waals surface area contributed by atoms with Gasteiger partial charge in [-0.25, -0.2) is 4.98 Å². The van der Waals surface area contributed by atoms with Gasteiger partial charge in [-0.2, -0.15) is 0 Å². The molecular weight excluding hydrogens is 306 g/mol. The van der Waals surface area contributed by atoms with Gasteiger partial charge in [0.2, 0.25) is 0 Å². The highest BCUT2D eigenvalue weighted by Crippen LogP contribution is 2.22. The zero-order valence-corrected chi connectivity index (χ0v) is 14.6. The van der Waals surface area contributed by atoms with Crippen molar-refractivity contribution in [1.29, 1.82) is 0 Å². The predicted molar refractivity (Wildman–Crippen MR) is 93.5 cm³/mol. The van der Waals surface area contributed by atoms with E-state index in [9.17, 15) is 4.79 Å². The van der Waals surface area contributed by atoms with Crippen LogP contribution in [-0.4, -0.2) is 33.4 Å². The molecule has 2 aromatic rings. The number of hydrogen-bond acceptors (Lipinski definition) is 3. The Kier molecular flexibility index (Phi) is 5.06. The van der Waals surface area contributed by atoms with Crippen molar-refractivity contribution in [3.8, 4) is 0 Å². The lowest BCUT2D eigenvalue weighted by Crippen LogP contribution is -2.39. The minimum atomic E-state index is 0.167. The van der Waals surface area contributed by atoms with Gasteiger partial charge in [0.05, 0.1) is 0 Å². The molecule has 0 radical (unpaired) electrons. The van der Waals surface area contributed by atoms with E-state index in [-0.39, 0.29) is 5.91 Å². The first kappa shape index (κ1) is 16.1. The average Bonchev–Trinajstić information content (AvgIpc) is 2.97. The van der Waals surface area contributed by atoms with Crippen LogP contribution in [-0.2, 0) is 12.8 Å². The number of carbonyl (C=O) groups excluding carboxylic acids is 1. The lowest BCUT2D eigenvalue weighted by Gasteiger charge is -2.31. The van der Waals surface area contributed by atoms with E-state index in [1.54, 1.807) is 18.0 Å². The summed E-state index contributed by atoms with van der Waals surface area (Å²) in [5.74, 6) is 1.60. The first-order chi connectivity index (χ1) is 11.1. The van der Waals surface area contributed by atoms with E-state index in [2.05, 4.69) is 18.0 Å². The molecule has 0 bridgehead atoms. The second-order valence-corrected chi connectivity index (χ2v) is 7.25. The maximum absolute atomic E-state index is 12.7. The second-order valence-electron chi connectivity index (χ2n) is 6.31. The Labute approximate surface area is 141 Å². The zero-order valence-electron chi connectivity index (χ0n) is 13.7. The molecule has 0 saturated carbocycles. The number of benzene rings is 1. The summed E-state index contributed by atoms with van der Waals surface area (Å²) >= 11 is 1.69. The first-order valence-corrected chi connectivity index (χ1v) is 9.10. The normalized spacial score (nSPS) is 18.2. The van der Waals surface area contributed by atoms with E-state index >= 15 is 0 Å². The van der Waals surface area contributed by atoms with E-state index in [4.69, 9.17) is 0 Å². The number of likely N-dealkylation sites (tertiary alicyclic amines) is 1. The van der Waals surface area contributed by atoms with Crippen LogP contribution in [0.4, 0.5) is 0 Å². The summed E-state index contributed by atoms with van der Waals surface area (Å²) < 4.78 is 2.01. The van der Waals surface area contributed by atoms with Crippen LogP contribution >= 0.6 is 11.8 Å². The lowest BCUT2D eigenvalue weighted by atomic mass is 9.99. The van der Waals surface area contributed by atoms with Crippen LogP contribution in [0, 0.1) is 5.92 Å². The van der Waals surface area contributed by atoms with Gasteiger partial charge < -0.3 is 9.47 Å². The Balaban J connectivity index is 1.67. The number of rotatable bonds is 4. The van der Waals surface area contributed by atoms with Gasteiger partial charge in [0.1, 0.15) is 0 Å². The molecule has 1 amide bonds. The molecular formula is C18H23N3OS. The Hall–Kier alpha value is -1.75. The van der Waals surface area contributed by atoms with Crippen LogP contribution in [0.3, 0.4) is 0 Å². The Morgan fingerprint density at radius 3 is 3.04 bits per heavy atom. The number of aromatic nitrogens is 2. The summed E-state index contributed by atoms with van der Waals surface area (Å²) in [6.07, 6.45) is 6.09. The van der Waals surface area contributed by atoms with Gasteiger partial charge >= 0.3 is 0 Å². The third kappa shape index (κ3) is 3.96. The number of hydrogen-bond donors (Lipinski definition) is 0. The molecule has 1 aliphatic heterocycles. The molecule has 0 spiro atoms. The molecule has 1 fully saturated rings. The van der Waals surface area contributed by atoms with E-state index in [1.807, 2.05) is 40.9 Å². The molecule has 4 nitrogen and oxygen atoms in total. The number of thioether (sulfide) groups is 1. The molecule has 0 aliphatic carbocycles. The Morgan fingerprint density at radius 2 is 2.30 bits per heavy atom. The molecule has 1 unspecified atom stereocenters. The van der Waals surface area contributed by atoms with Gasteiger partial charge in [0.15, 0.2) is 5.16 Å². The number of aryl methyl sites for hydroxylation is 1. The van der Waals surface area contributed by atoms with E-state index in [1.165, 1.54) is 6.42 Å². The lowest BCUT2D eigenvalue weighted by molar-refractivity contribution is 0.0683. The maximum Gasteiger partial charge on any atom is 0.253 e. The third-order valence-corrected chi connectivity index (χ3v) is 5.39. The highest BCUT2D eigenvalue weighted by Gasteiger charge is 2.22. The molecule has 5 heteroatoms. The highest BCUT2D eigenvalue weighted by atomic mass is 32.2. The fourth-order valence-electron chi connectivity index (χ4n) is 2.99. The standard InChI is InChI=1S/C18H23N3OS/c1-14-5-4-9-21(12-14)17(22)16-7-3-6-15(11-16)13-23-18-19-8-10-20(18)2/h3,6-8,10-11,14H,4-5,9,12-13H2,1-2H3. The first-order valence-electron chi connectivity index (χ1n) is 8.12. The van der Waals surface area contributed by atoms with Gasteiger partial charge in [0, 0.05) is 43.8 Å². The fourth-order valence-corrected chi connectivity index (χ4v) is 3.86. The van der Waals surface area contributed by atoms with Gasteiger partial charge in [-0.1, -0.05) is 30.8 Å². The number of amides is 1. The van der Waals surface area contributed by atoms with Gasteiger partial charge in [-0.15, -0.1) is 0 Å². The van der Waals surface area contributed by atoms with Crippen molar-refractivity contribution >= 4 is 17.7 Å². The van der Waals surface area contributed by atoms with Crippen molar-refractivity contribution in [2.24, 2.45) is 13.0 Å².